The summed E-state index contributed by atoms with van der Waals surface area (Å²) in [7, 11) is 1.31. The summed E-state index contributed by atoms with van der Waals surface area (Å²) in [5.41, 5.74) is 3.41. The van der Waals surface area contributed by atoms with E-state index in [1.54, 1.807) is 11.4 Å². The van der Waals surface area contributed by atoms with Crippen molar-refractivity contribution in [2.75, 3.05) is 18.2 Å². The average molecular weight is 361 g/mol. The predicted molar refractivity (Wildman–Crippen MR) is 95.8 cm³/mol. The number of anilines is 1. The Hall–Kier alpha value is -2.32. The van der Waals surface area contributed by atoms with Crippen molar-refractivity contribution in [2.24, 2.45) is 0 Å². The molecule has 1 aromatic carbocycles. The number of carbonyl (C=O) groups is 2. The molecule has 0 aliphatic rings. The summed E-state index contributed by atoms with van der Waals surface area (Å²) in [6.45, 7) is 2.00. The number of imidazole rings is 1. The number of para-hydroxylation sites is 1. The van der Waals surface area contributed by atoms with Gasteiger partial charge in [-0.1, -0.05) is 23.9 Å². The summed E-state index contributed by atoms with van der Waals surface area (Å²) in [5, 5.41) is 5.15. The van der Waals surface area contributed by atoms with E-state index in [1.165, 1.54) is 30.2 Å². The van der Waals surface area contributed by atoms with Crippen LogP contribution in [0, 0.1) is 6.92 Å². The number of aromatic amines is 1. The Kier molecular flexibility index (Phi) is 4.86. The summed E-state index contributed by atoms with van der Waals surface area (Å²) in [6.07, 6.45) is 0. The van der Waals surface area contributed by atoms with E-state index in [0.29, 0.717) is 15.7 Å². The number of aryl methyl sites for hydroxylation is 1. The van der Waals surface area contributed by atoms with E-state index in [-0.39, 0.29) is 11.7 Å². The third-order valence-electron chi connectivity index (χ3n) is 3.34. The number of ether oxygens (including phenoxy) is 1. The van der Waals surface area contributed by atoms with Crippen LogP contribution in [0.5, 0.6) is 0 Å². The molecule has 2 heterocycles. The maximum absolute atomic E-state index is 12.1. The fraction of sp³-hybridized carbons (Fsp3) is 0.188. The van der Waals surface area contributed by atoms with E-state index in [4.69, 9.17) is 4.74 Å². The van der Waals surface area contributed by atoms with Crippen LogP contribution < -0.4 is 5.32 Å². The van der Waals surface area contributed by atoms with Crippen LogP contribution in [-0.2, 0) is 9.53 Å². The van der Waals surface area contributed by atoms with Gasteiger partial charge in [-0.3, -0.25) is 4.79 Å². The van der Waals surface area contributed by atoms with Gasteiger partial charge in [0.05, 0.1) is 29.6 Å². The highest BCUT2D eigenvalue weighted by atomic mass is 32.2. The molecular formula is C16H15N3O3S2. The maximum Gasteiger partial charge on any atom is 0.350 e. The van der Waals surface area contributed by atoms with E-state index < -0.39 is 5.97 Å². The smallest absolute Gasteiger partial charge is 0.350 e. The molecule has 3 rings (SSSR count). The van der Waals surface area contributed by atoms with E-state index in [1.807, 2.05) is 25.1 Å². The number of esters is 1. The van der Waals surface area contributed by atoms with Crippen molar-refractivity contribution in [3.63, 3.8) is 0 Å². The molecule has 0 aliphatic carbocycles. The molecule has 0 saturated carbocycles. The lowest BCUT2D eigenvalue weighted by Crippen LogP contribution is -2.15. The number of carbonyl (C=O) groups excluding carboxylic acids is 2. The molecule has 3 aromatic rings. The molecule has 8 heteroatoms. The van der Waals surface area contributed by atoms with E-state index in [0.717, 1.165) is 16.6 Å². The topological polar surface area (TPSA) is 84.1 Å². The summed E-state index contributed by atoms with van der Waals surface area (Å²) in [6, 6.07) is 7.59. The number of thiophene rings is 1. The Bertz CT molecular complexity index is 901. The van der Waals surface area contributed by atoms with Gasteiger partial charge >= 0.3 is 5.97 Å². The Balaban J connectivity index is 1.64. The van der Waals surface area contributed by atoms with Crippen LogP contribution in [0.2, 0.25) is 0 Å². The molecule has 0 aliphatic heterocycles. The zero-order chi connectivity index (χ0) is 17.1. The molecule has 6 nitrogen and oxygen atoms in total. The molecule has 0 spiro atoms. The highest BCUT2D eigenvalue weighted by Gasteiger charge is 2.16. The number of hydrogen-bond acceptors (Lipinski definition) is 6. The molecule has 0 unspecified atom stereocenters. The molecule has 0 atom stereocenters. The van der Waals surface area contributed by atoms with Crippen LogP contribution in [0.4, 0.5) is 5.69 Å². The van der Waals surface area contributed by atoms with Crippen LogP contribution >= 0.6 is 23.1 Å². The maximum atomic E-state index is 12.1. The number of benzene rings is 1. The second-order valence-electron chi connectivity index (χ2n) is 5.00. The van der Waals surface area contributed by atoms with Crippen LogP contribution in [0.3, 0.4) is 0 Å². The van der Waals surface area contributed by atoms with Crippen molar-refractivity contribution in [2.45, 2.75) is 12.1 Å². The minimum atomic E-state index is -0.458. The first-order valence-electron chi connectivity index (χ1n) is 7.12. The summed E-state index contributed by atoms with van der Waals surface area (Å²) in [4.78, 5) is 31.8. The fourth-order valence-electron chi connectivity index (χ4n) is 2.20. The number of hydrogen-bond donors (Lipinski definition) is 2. The molecule has 2 aromatic heterocycles. The molecule has 2 N–H and O–H groups in total. The second-order valence-corrected chi connectivity index (χ2v) is 6.89. The zero-order valence-electron chi connectivity index (χ0n) is 13.1. The normalized spacial score (nSPS) is 10.8. The van der Waals surface area contributed by atoms with Gasteiger partial charge in [0.1, 0.15) is 4.88 Å². The number of H-pyrrole nitrogens is 1. The Morgan fingerprint density at radius 2 is 2.21 bits per heavy atom. The van der Waals surface area contributed by atoms with Crippen LogP contribution in [0.15, 0.2) is 34.8 Å². The molecule has 24 heavy (non-hydrogen) atoms. The first-order valence-corrected chi connectivity index (χ1v) is 8.99. The average Bonchev–Trinajstić information content (AvgIpc) is 3.19. The Morgan fingerprint density at radius 1 is 1.38 bits per heavy atom. The Labute approximate surface area is 146 Å². The fourth-order valence-corrected chi connectivity index (χ4v) is 3.64. The Morgan fingerprint density at radius 3 is 2.96 bits per heavy atom. The van der Waals surface area contributed by atoms with E-state index >= 15 is 0 Å². The van der Waals surface area contributed by atoms with Crippen molar-refractivity contribution in [3.05, 3.63) is 40.1 Å². The van der Waals surface area contributed by atoms with Gasteiger partial charge in [-0.15, -0.1) is 11.3 Å². The first kappa shape index (κ1) is 16.5. The lowest BCUT2D eigenvalue weighted by molar-refractivity contribution is -0.113. The quantitative estimate of drug-likeness (QED) is 0.537. The minimum absolute atomic E-state index is 0.190. The minimum Gasteiger partial charge on any atom is -0.465 e. The van der Waals surface area contributed by atoms with Crippen LogP contribution in [-0.4, -0.2) is 34.7 Å². The summed E-state index contributed by atoms with van der Waals surface area (Å²) < 4.78 is 4.69. The van der Waals surface area contributed by atoms with Gasteiger partial charge < -0.3 is 15.0 Å². The van der Waals surface area contributed by atoms with Crippen LogP contribution in [0.1, 0.15) is 15.2 Å². The van der Waals surface area contributed by atoms with Crippen molar-refractivity contribution in [1.82, 2.24) is 9.97 Å². The third kappa shape index (κ3) is 3.44. The molecule has 124 valence electrons. The highest BCUT2D eigenvalue weighted by Crippen LogP contribution is 2.25. The number of aromatic nitrogens is 2. The number of nitrogens with zero attached hydrogens (tertiary/aromatic N) is 1. The number of fused-ring (bicyclic) bond motifs is 1. The van der Waals surface area contributed by atoms with Crippen molar-refractivity contribution in [1.29, 1.82) is 0 Å². The lowest BCUT2D eigenvalue weighted by atomic mass is 10.2. The van der Waals surface area contributed by atoms with Gasteiger partial charge in [0.2, 0.25) is 5.91 Å². The number of nitrogens with one attached hydrogen (secondary N) is 2. The van der Waals surface area contributed by atoms with Crippen LogP contribution in [0.25, 0.3) is 11.0 Å². The third-order valence-corrected chi connectivity index (χ3v) is 5.11. The molecule has 0 radical (unpaired) electrons. The highest BCUT2D eigenvalue weighted by molar-refractivity contribution is 7.99. The van der Waals surface area contributed by atoms with Crippen molar-refractivity contribution in [3.8, 4) is 0 Å². The largest absolute Gasteiger partial charge is 0.465 e. The summed E-state index contributed by atoms with van der Waals surface area (Å²) >= 11 is 2.54. The van der Waals surface area contributed by atoms with Gasteiger partial charge in [0.15, 0.2) is 5.16 Å². The first-order chi connectivity index (χ1) is 11.6. The number of thioether (sulfide) groups is 1. The number of methoxy groups -OCH3 is 1. The molecule has 0 fully saturated rings. The standard InChI is InChI=1S/C16H15N3O3S2/c1-9-4-3-5-10-13(9)19-16(18-10)24-8-12(20)17-11-6-7-23-14(11)15(21)22-2/h3-7H,8H2,1-2H3,(H,17,20)(H,18,19). The molecule has 0 bridgehead atoms. The molecule has 1 amide bonds. The van der Waals surface area contributed by atoms with Gasteiger partial charge in [-0.05, 0) is 30.0 Å². The van der Waals surface area contributed by atoms with Gasteiger partial charge in [0.25, 0.3) is 0 Å². The van der Waals surface area contributed by atoms with Crippen molar-refractivity contribution >= 4 is 51.7 Å². The predicted octanol–water partition coefficient (Wildman–Crippen LogP) is 3.45. The van der Waals surface area contributed by atoms with Gasteiger partial charge in [0, 0.05) is 0 Å². The van der Waals surface area contributed by atoms with Gasteiger partial charge in [-0.2, -0.15) is 0 Å². The zero-order valence-corrected chi connectivity index (χ0v) is 14.7. The van der Waals surface area contributed by atoms with E-state index in [2.05, 4.69) is 15.3 Å². The second kappa shape index (κ2) is 7.06. The van der Waals surface area contributed by atoms with Gasteiger partial charge in [-0.25, -0.2) is 9.78 Å². The number of rotatable bonds is 5. The monoisotopic (exact) mass is 361 g/mol. The SMILES string of the molecule is COC(=O)c1sccc1NC(=O)CSc1nc2c(C)cccc2[nH]1. The number of amides is 1. The van der Waals surface area contributed by atoms with E-state index in [9.17, 15) is 9.59 Å². The molecule has 0 saturated heterocycles. The lowest BCUT2D eigenvalue weighted by Gasteiger charge is -2.04. The van der Waals surface area contributed by atoms with Crippen molar-refractivity contribution < 1.29 is 14.3 Å². The summed E-state index contributed by atoms with van der Waals surface area (Å²) in [5.74, 6) is -0.476. The molecular weight excluding hydrogens is 346 g/mol.